The van der Waals surface area contributed by atoms with Crippen LogP contribution in [0.25, 0.3) is 6.08 Å². The number of hydrogen-bond donors (Lipinski definition) is 0. The Kier molecular flexibility index (Phi) is 7.09. The van der Waals surface area contributed by atoms with Crippen LogP contribution < -0.4 is 9.47 Å². The Balaban J connectivity index is 2.32. The molecule has 0 unspecified atom stereocenters. The molecular formula is C16H18BrNO4S2. The molecule has 0 saturated carbocycles. The van der Waals surface area contributed by atoms with Gasteiger partial charge in [-0.25, -0.2) is 0 Å². The van der Waals surface area contributed by atoms with Crippen LogP contribution in [0.2, 0.25) is 0 Å². The highest BCUT2D eigenvalue weighted by Gasteiger charge is 2.31. The number of benzene rings is 1. The molecule has 1 aromatic carbocycles. The van der Waals surface area contributed by atoms with Gasteiger partial charge in [-0.2, -0.15) is 0 Å². The van der Waals surface area contributed by atoms with Gasteiger partial charge in [-0.1, -0.05) is 39.9 Å². The number of ether oxygens (including phenoxy) is 3. The lowest BCUT2D eigenvalue weighted by Gasteiger charge is -2.13. The first-order valence-electron chi connectivity index (χ1n) is 7.26. The van der Waals surface area contributed by atoms with Gasteiger partial charge in [0.1, 0.15) is 4.32 Å². The maximum atomic E-state index is 12.5. The lowest BCUT2D eigenvalue weighted by atomic mass is 10.2. The van der Waals surface area contributed by atoms with Crippen LogP contribution in [-0.4, -0.2) is 49.1 Å². The summed E-state index contributed by atoms with van der Waals surface area (Å²) in [5.41, 5.74) is 0.825. The summed E-state index contributed by atoms with van der Waals surface area (Å²) in [6, 6.07) is 3.66. The van der Waals surface area contributed by atoms with Crippen LogP contribution in [0, 0.1) is 0 Å². The van der Waals surface area contributed by atoms with E-state index in [9.17, 15) is 4.79 Å². The fourth-order valence-electron chi connectivity index (χ4n) is 2.11. The molecule has 1 saturated heterocycles. The molecular weight excluding hydrogens is 414 g/mol. The van der Waals surface area contributed by atoms with E-state index >= 15 is 0 Å². The second kappa shape index (κ2) is 8.84. The molecule has 130 valence electrons. The summed E-state index contributed by atoms with van der Waals surface area (Å²) in [5, 5.41) is 0. The van der Waals surface area contributed by atoms with Gasteiger partial charge < -0.3 is 14.2 Å². The topological polar surface area (TPSA) is 48.0 Å². The molecule has 2 rings (SSSR count). The molecule has 1 fully saturated rings. The number of thioether (sulfide) groups is 1. The largest absolute Gasteiger partial charge is 0.493 e. The van der Waals surface area contributed by atoms with Gasteiger partial charge in [0.25, 0.3) is 5.91 Å². The van der Waals surface area contributed by atoms with Crippen molar-refractivity contribution in [2.45, 2.75) is 6.92 Å². The van der Waals surface area contributed by atoms with E-state index in [1.807, 2.05) is 19.1 Å². The molecule has 1 amide bonds. The smallest absolute Gasteiger partial charge is 0.266 e. The second-order valence-corrected chi connectivity index (χ2v) is 7.31. The molecule has 1 aliphatic heterocycles. The zero-order chi connectivity index (χ0) is 17.7. The first kappa shape index (κ1) is 19.2. The zero-order valence-corrected chi connectivity index (χ0v) is 16.8. The van der Waals surface area contributed by atoms with Crippen molar-refractivity contribution in [1.29, 1.82) is 0 Å². The fourth-order valence-corrected chi connectivity index (χ4v) is 3.84. The van der Waals surface area contributed by atoms with E-state index < -0.39 is 0 Å². The summed E-state index contributed by atoms with van der Waals surface area (Å²) < 4.78 is 17.3. The molecule has 0 bridgehead atoms. The predicted octanol–water partition coefficient (Wildman–Crippen LogP) is 3.70. The molecule has 0 aromatic heterocycles. The molecule has 1 heterocycles. The van der Waals surface area contributed by atoms with Gasteiger partial charge in [0, 0.05) is 11.6 Å². The van der Waals surface area contributed by atoms with Gasteiger partial charge in [0.2, 0.25) is 0 Å². The number of rotatable bonds is 7. The van der Waals surface area contributed by atoms with Gasteiger partial charge in [0.05, 0.1) is 31.8 Å². The molecule has 5 nitrogen and oxygen atoms in total. The Morgan fingerprint density at radius 3 is 2.71 bits per heavy atom. The third kappa shape index (κ3) is 4.30. The molecule has 0 aliphatic carbocycles. The molecule has 0 spiro atoms. The van der Waals surface area contributed by atoms with Crippen molar-refractivity contribution in [3.05, 3.63) is 27.1 Å². The van der Waals surface area contributed by atoms with Crippen LogP contribution in [0.1, 0.15) is 12.5 Å². The number of methoxy groups -OCH3 is 2. The van der Waals surface area contributed by atoms with Crippen molar-refractivity contribution in [2.24, 2.45) is 0 Å². The van der Waals surface area contributed by atoms with E-state index in [2.05, 4.69) is 15.9 Å². The van der Waals surface area contributed by atoms with E-state index in [-0.39, 0.29) is 5.91 Å². The van der Waals surface area contributed by atoms with Crippen molar-refractivity contribution in [1.82, 2.24) is 4.90 Å². The highest BCUT2D eigenvalue weighted by molar-refractivity contribution is 9.10. The van der Waals surface area contributed by atoms with Crippen LogP contribution in [-0.2, 0) is 9.53 Å². The average Bonchev–Trinajstić information content (AvgIpc) is 2.82. The minimum atomic E-state index is -0.109. The summed E-state index contributed by atoms with van der Waals surface area (Å²) in [6.07, 6.45) is 1.80. The monoisotopic (exact) mass is 431 g/mol. The third-order valence-electron chi connectivity index (χ3n) is 3.26. The number of thiocarbonyl (C=S) groups is 1. The second-order valence-electron chi connectivity index (χ2n) is 4.78. The lowest BCUT2D eigenvalue weighted by molar-refractivity contribution is -0.122. The Labute approximate surface area is 159 Å². The standard InChI is InChI=1S/C16H18BrNO4S2/c1-4-22-13-7-10(11(17)9-12(13)21-3)8-14-15(19)18(5-6-20-2)16(23)24-14/h7-9H,4-6H2,1-3H3/b14-8+. The molecule has 0 radical (unpaired) electrons. The highest BCUT2D eigenvalue weighted by Crippen LogP contribution is 2.38. The minimum absolute atomic E-state index is 0.109. The van der Waals surface area contributed by atoms with Crippen LogP contribution >= 0.6 is 39.9 Å². The Morgan fingerprint density at radius 2 is 2.08 bits per heavy atom. The van der Waals surface area contributed by atoms with E-state index in [1.54, 1.807) is 25.2 Å². The Hall–Kier alpha value is -1.09. The normalized spacial score (nSPS) is 16.2. The Bertz CT molecular complexity index is 678. The van der Waals surface area contributed by atoms with Crippen LogP contribution in [0.15, 0.2) is 21.5 Å². The third-order valence-corrected chi connectivity index (χ3v) is 5.33. The van der Waals surface area contributed by atoms with Gasteiger partial charge in [-0.15, -0.1) is 0 Å². The van der Waals surface area contributed by atoms with E-state index in [4.69, 9.17) is 26.4 Å². The van der Waals surface area contributed by atoms with Gasteiger partial charge in [-0.3, -0.25) is 9.69 Å². The number of halogens is 1. The summed E-state index contributed by atoms with van der Waals surface area (Å²) >= 11 is 10.1. The van der Waals surface area contributed by atoms with Gasteiger partial charge in [-0.05, 0) is 30.7 Å². The quantitative estimate of drug-likeness (QED) is 0.484. The van der Waals surface area contributed by atoms with Gasteiger partial charge in [0.15, 0.2) is 11.5 Å². The zero-order valence-electron chi connectivity index (χ0n) is 13.6. The van der Waals surface area contributed by atoms with Crippen molar-refractivity contribution in [3.8, 4) is 11.5 Å². The summed E-state index contributed by atoms with van der Waals surface area (Å²) in [4.78, 5) is 14.6. The SMILES string of the molecule is CCOc1cc(/C=C2/SC(=S)N(CCOC)C2=O)c(Br)cc1OC. The van der Waals surface area contributed by atoms with Crippen LogP contribution in [0.5, 0.6) is 11.5 Å². The van der Waals surface area contributed by atoms with Crippen molar-refractivity contribution < 1.29 is 19.0 Å². The van der Waals surface area contributed by atoms with E-state index in [0.717, 1.165) is 10.0 Å². The lowest BCUT2D eigenvalue weighted by Crippen LogP contribution is -2.31. The summed E-state index contributed by atoms with van der Waals surface area (Å²) in [7, 11) is 3.18. The number of carbonyl (C=O) groups excluding carboxylic acids is 1. The van der Waals surface area contributed by atoms with Crippen molar-refractivity contribution in [3.63, 3.8) is 0 Å². The predicted molar refractivity (Wildman–Crippen MR) is 104 cm³/mol. The number of hydrogen-bond acceptors (Lipinski definition) is 6. The van der Waals surface area contributed by atoms with E-state index in [1.165, 1.54) is 11.8 Å². The molecule has 24 heavy (non-hydrogen) atoms. The van der Waals surface area contributed by atoms with Crippen molar-refractivity contribution >= 4 is 56.2 Å². The molecule has 1 aliphatic rings. The molecule has 0 N–H and O–H groups in total. The van der Waals surface area contributed by atoms with Crippen LogP contribution in [0.4, 0.5) is 0 Å². The summed E-state index contributed by atoms with van der Waals surface area (Å²) in [6.45, 7) is 3.32. The van der Waals surface area contributed by atoms with Crippen molar-refractivity contribution in [2.75, 3.05) is 34.0 Å². The minimum Gasteiger partial charge on any atom is -0.493 e. The average molecular weight is 432 g/mol. The summed E-state index contributed by atoms with van der Waals surface area (Å²) in [5.74, 6) is 1.15. The van der Waals surface area contributed by atoms with E-state index in [0.29, 0.717) is 40.5 Å². The highest BCUT2D eigenvalue weighted by atomic mass is 79.9. The first-order valence-corrected chi connectivity index (χ1v) is 9.28. The van der Waals surface area contributed by atoms with Crippen LogP contribution in [0.3, 0.4) is 0 Å². The van der Waals surface area contributed by atoms with Gasteiger partial charge >= 0.3 is 0 Å². The Morgan fingerprint density at radius 1 is 1.33 bits per heavy atom. The number of nitrogens with zero attached hydrogens (tertiary/aromatic N) is 1. The molecule has 0 atom stereocenters. The number of carbonyl (C=O) groups is 1. The first-order chi connectivity index (χ1) is 11.5. The molecule has 1 aromatic rings. The molecule has 8 heteroatoms. The fraction of sp³-hybridized carbons (Fsp3) is 0.375. The number of amides is 1. The maximum absolute atomic E-state index is 12.5. The maximum Gasteiger partial charge on any atom is 0.266 e.